The molecular formula is C22H30N4O5S. The van der Waals surface area contributed by atoms with Crippen molar-refractivity contribution >= 4 is 22.0 Å². The van der Waals surface area contributed by atoms with E-state index in [2.05, 4.69) is 10.6 Å². The van der Waals surface area contributed by atoms with Crippen molar-refractivity contribution in [1.82, 2.24) is 19.5 Å². The van der Waals surface area contributed by atoms with Crippen LogP contribution in [0.15, 0.2) is 28.0 Å². The van der Waals surface area contributed by atoms with Gasteiger partial charge in [-0.25, -0.2) is 13.2 Å². The summed E-state index contributed by atoms with van der Waals surface area (Å²) in [4.78, 5) is 37.3. The lowest BCUT2D eigenvalue weighted by Crippen LogP contribution is -2.62. The predicted octanol–water partition coefficient (Wildman–Crippen LogP) is 1.43. The zero-order valence-electron chi connectivity index (χ0n) is 18.1. The van der Waals surface area contributed by atoms with Crippen LogP contribution in [0.5, 0.6) is 0 Å². The number of hydrogen-bond acceptors (Lipinski definition) is 5. The standard InChI is InChI=1S/C22H30N4O5S/c27-19(23-21(29)24-22-10-15-7-16(11-22)9-17(8-15)12-22)14-25-13-18(3-4-20(25)28)32(30,31)26-5-1-2-6-26/h3-4,13,15-17H,1-2,5-12,14H2,(H2,23,24,27,29). The number of carbonyl (C=O) groups is 2. The van der Waals surface area contributed by atoms with Crippen LogP contribution in [0, 0.1) is 17.8 Å². The molecule has 4 aliphatic carbocycles. The molecule has 4 saturated carbocycles. The molecule has 174 valence electrons. The van der Waals surface area contributed by atoms with Crippen LogP contribution < -0.4 is 16.2 Å². The van der Waals surface area contributed by atoms with Crippen LogP contribution in [0.4, 0.5) is 4.79 Å². The Labute approximate surface area is 187 Å². The Morgan fingerprint density at radius 2 is 1.59 bits per heavy atom. The molecule has 6 rings (SSSR count). The summed E-state index contributed by atoms with van der Waals surface area (Å²) in [6.07, 6.45) is 9.46. The first kappa shape index (κ1) is 21.6. The van der Waals surface area contributed by atoms with Crippen LogP contribution in [0.2, 0.25) is 0 Å². The fourth-order valence-electron chi connectivity index (χ4n) is 6.72. The third-order valence-electron chi connectivity index (χ3n) is 7.64. The third kappa shape index (κ3) is 4.10. The Hall–Kier alpha value is -2.20. The van der Waals surface area contributed by atoms with Crippen molar-refractivity contribution in [3.63, 3.8) is 0 Å². The molecule has 0 radical (unpaired) electrons. The molecule has 9 nitrogen and oxygen atoms in total. The van der Waals surface area contributed by atoms with E-state index in [1.165, 1.54) is 35.8 Å². The molecule has 2 N–H and O–H groups in total. The molecule has 2 heterocycles. The number of aromatic nitrogens is 1. The quantitative estimate of drug-likeness (QED) is 0.686. The van der Waals surface area contributed by atoms with Gasteiger partial charge in [0.1, 0.15) is 6.54 Å². The summed E-state index contributed by atoms with van der Waals surface area (Å²) < 4.78 is 27.9. The molecule has 0 atom stereocenters. The van der Waals surface area contributed by atoms with E-state index >= 15 is 0 Å². The maximum Gasteiger partial charge on any atom is 0.321 e. The van der Waals surface area contributed by atoms with Crippen LogP contribution >= 0.6 is 0 Å². The van der Waals surface area contributed by atoms with E-state index in [-0.39, 0.29) is 10.4 Å². The number of sulfonamides is 1. The van der Waals surface area contributed by atoms with Gasteiger partial charge in [-0.2, -0.15) is 4.31 Å². The Kier molecular flexibility index (Phi) is 5.40. The molecule has 1 aromatic heterocycles. The van der Waals surface area contributed by atoms with Crippen LogP contribution in [-0.4, -0.2) is 47.9 Å². The van der Waals surface area contributed by atoms with Gasteiger partial charge in [-0.1, -0.05) is 0 Å². The van der Waals surface area contributed by atoms with Gasteiger partial charge >= 0.3 is 6.03 Å². The molecular weight excluding hydrogens is 432 g/mol. The first-order valence-corrected chi connectivity index (χ1v) is 13.0. The third-order valence-corrected chi connectivity index (χ3v) is 9.53. The van der Waals surface area contributed by atoms with E-state index in [0.29, 0.717) is 30.8 Å². The molecule has 5 fully saturated rings. The smallest absolute Gasteiger partial charge is 0.321 e. The van der Waals surface area contributed by atoms with E-state index in [0.717, 1.165) is 42.7 Å². The van der Waals surface area contributed by atoms with Gasteiger partial charge < -0.3 is 9.88 Å². The summed E-state index contributed by atoms with van der Waals surface area (Å²) in [5, 5.41) is 5.40. The highest BCUT2D eigenvalue weighted by Gasteiger charge is 2.51. The molecule has 1 saturated heterocycles. The molecule has 0 unspecified atom stereocenters. The normalized spacial score (nSPS) is 31.6. The Bertz CT molecular complexity index is 1050. The van der Waals surface area contributed by atoms with Crippen LogP contribution in [0.3, 0.4) is 0 Å². The van der Waals surface area contributed by atoms with Crippen LogP contribution in [-0.2, 0) is 21.4 Å². The van der Waals surface area contributed by atoms with Gasteiger partial charge in [-0.3, -0.25) is 14.9 Å². The number of amides is 3. The number of pyridine rings is 1. The maximum atomic E-state index is 12.8. The molecule has 1 aliphatic heterocycles. The zero-order chi connectivity index (χ0) is 22.5. The number of nitrogens with one attached hydrogen (secondary N) is 2. The Balaban J connectivity index is 1.23. The number of nitrogens with zero attached hydrogens (tertiary/aromatic N) is 2. The molecule has 0 spiro atoms. The fourth-order valence-corrected chi connectivity index (χ4v) is 8.26. The molecule has 0 aromatic carbocycles. The summed E-state index contributed by atoms with van der Waals surface area (Å²) in [7, 11) is -3.70. The van der Waals surface area contributed by atoms with Crippen molar-refractivity contribution in [2.75, 3.05) is 13.1 Å². The second kappa shape index (κ2) is 7.98. The second-order valence-electron chi connectivity index (χ2n) is 10.1. The average Bonchev–Trinajstić information content (AvgIpc) is 3.23. The van der Waals surface area contributed by atoms with Gasteiger partial charge in [0, 0.05) is 30.9 Å². The molecule has 3 amide bonds. The monoisotopic (exact) mass is 462 g/mol. The molecule has 1 aromatic rings. The van der Waals surface area contributed by atoms with E-state index in [1.807, 2.05) is 0 Å². The van der Waals surface area contributed by atoms with Gasteiger partial charge in [0.2, 0.25) is 15.9 Å². The van der Waals surface area contributed by atoms with Crippen molar-refractivity contribution in [2.24, 2.45) is 17.8 Å². The van der Waals surface area contributed by atoms with Crippen molar-refractivity contribution in [3.8, 4) is 0 Å². The van der Waals surface area contributed by atoms with E-state index in [4.69, 9.17) is 0 Å². The predicted molar refractivity (Wildman–Crippen MR) is 116 cm³/mol. The average molecular weight is 463 g/mol. The van der Waals surface area contributed by atoms with Crippen molar-refractivity contribution in [2.45, 2.75) is 68.3 Å². The van der Waals surface area contributed by atoms with Gasteiger partial charge in [0.25, 0.3) is 5.56 Å². The van der Waals surface area contributed by atoms with Gasteiger partial charge in [0.05, 0.1) is 4.90 Å². The van der Waals surface area contributed by atoms with Gasteiger partial charge in [-0.05, 0) is 75.2 Å². The summed E-state index contributed by atoms with van der Waals surface area (Å²) in [6, 6.07) is 1.88. The number of rotatable bonds is 5. The maximum absolute atomic E-state index is 12.8. The molecule has 5 aliphatic rings. The highest BCUT2D eigenvalue weighted by Crippen LogP contribution is 2.55. The number of imide groups is 1. The SMILES string of the molecule is O=C(Cn1cc(S(=O)(=O)N2CCCC2)ccc1=O)NC(=O)NC12CC3CC(CC(C3)C1)C2. The Morgan fingerprint density at radius 3 is 2.19 bits per heavy atom. The van der Waals surface area contributed by atoms with Crippen molar-refractivity contribution < 1.29 is 18.0 Å². The lowest BCUT2D eigenvalue weighted by Gasteiger charge is -2.56. The lowest BCUT2D eigenvalue weighted by molar-refractivity contribution is -0.120. The first-order chi connectivity index (χ1) is 15.2. The minimum absolute atomic E-state index is 0.0233. The topological polar surface area (TPSA) is 118 Å². The minimum atomic E-state index is -3.70. The van der Waals surface area contributed by atoms with Crippen molar-refractivity contribution in [3.05, 3.63) is 28.7 Å². The first-order valence-electron chi connectivity index (χ1n) is 11.6. The summed E-state index contributed by atoms with van der Waals surface area (Å²) in [6.45, 7) is 0.482. The summed E-state index contributed by atoms with van der Waals surface area (Å²) >= 11 is 0. The number of carbonyl (C=O) groups excluding carboxylic acids is 2. The molecule has 4 bridgehead atoms. The highest BCUT2D eigenvalue weighted by molar-refractivity contribution is 7.89. The second-order valence-corrected chi connectivity index (χ2v) is 12.1. The fraction of sp³-hybridized carbons (Fsp3) is 0.682. The summed E-state index contributed by atoms with van der Waals surface area (Å²) in [5.41, 5.74) is -0.721. The van der Waals surface area contributed by atoms with Crippen LogP contribution in [0.1, 0.15) is 51.4 Å². The Morgan fingerprint density at radius 1 is 1.00 bits per heavy atom. The van der Waals surface area contributed by atoms with Gasteiger partial charge in [-0.15, -0.1) is 0 Å². The van der Waals surface area contributed by atoms with Crippen molar-refractivity contribution in [1.29, 1.82) is 0 Å². The zero-order valence-corrected chi connectivity index (χ0v) is 18.9. The number of urea groups is 1. The number of hydrogen-bond donors (Lipinski definition) is 2. The lowest BCUT2D eigenvalue weighted by atomic mass is 9.53. The minimum Gasteiger partial charge on any atom is -0.332 e. The van der Waals surface area contributed by atoms with Gasteiger partial charge in [0.15, 0.2) is 0 Å². The highest BCUT2D eigenvalue weighted by atomic mass is 32.2. The van der Waals surface area contributed by atoms with E-state index in [9.17, 15) is 22.8 Å². The summed E-state index contributed by atoms with van der Waals surface area (Å²) in [5.74, 6) is 1.34. The van der Waals surface area contributed by atoms with E-state index in [1.54, 1.807) is 0 Å². The van der Waals surface area contributed by atoms with E-state index < -0.39 is 34.1 Å². The molecule has 10 heteroatoms. The molecule has 32 heavy (non-hydrogen) atoms. The van der Waals surface area contributed by atoms with Crippen LogP contribution in [0.25, 0.3) is 0 Å². The largest absolute Gasteiger partial charge is 0.332 e.